The molecule has 0 aliphatic carbocycles. The minimum absolute atomic E-state index is 0.111. The zero-order valence-electron chi connectivity index (χ0n) is 14.5. The van der Waals surface area contributed by atoms with Gasteiger partial charge in [0.05, 0.1) is 12.2 Å². The number of hydrogen-bond donors (Lipinski definition) is 1. The molecule has 1 N–H and O–H groups in total. The van der Waals surface area contributed by atoms with Crippen LogP contribution in [0, 0.1) is 5.92 Å². The number of benzene rings is 1. The van der Waals surface area contributed by atoms with Gasteiger partial charge in [0.15, 0.2) is 0 Å². The minimum atomic E-state index is -0.654. The van der Waals surface area contributed by atoms with Crippen LogP contribution < -0.4 is 0 Å². The average molecular weight is 319 g/mol. The molecule has 2 rings (SSSR count). The number of likely N-dealkylation sites (tertiary alicyclic amines) is 1. The maximum atomic E-state index is 12.6. The number of carbonyl (C=O) groups is 1. The molecule has 1 atom stereocenters. The first-order valence-electron chi connectivity index (χ1n) is 8.48. The fourth-order valence-corrected chi connectivity index (χ4v) is 3.07. The van der Waals surface area contributed by atoms with Crippen molar-refractivity contribution in [2.45, 2.75) is 45.1 Å². The highest BCUT2D eigenvalue weighted by Gasteiger charge is 2.24. The zero-order valence-corrected chi connectivity index (χ0v) is 14.5. The van der Waals surface area contributed by atoms with E-state index in [-0.39, 0.29) is 5.91 Å². The summed E-state index contributed by atoms with van der Waals surface area (Å²) in [6, 6.07) is 7.80. The van der Waals surface area contributed by atoms with Crippen LogP contribution in [0.4, 0.5) is 0 Å². The maximum Gasteiger partial charge on any atom is 0.253 e. The number of aryl methyl sites for hydroxylation is 1. The highest BCUT2D eigenvalue weighted by Crippen LogP contribution is 2.20. The molecule has 23 heavy (non-hydrogen) atoms. The van der Waals surface area contributed by atoms with Crippen LogP contribution in [0.1, 0.15) is 49.0 Å². The van der Waals surface area contributed by atoms with Gasteiger partial charge in [-0.05, 0) is 63.1 Å². The second-order valence-electron chi connectivity index (χ2n) is 7.22. The summed E-state index contributed by atoms with van der Waals surface area (Å²) in [6.45, 7) is 5.97. The molecule has 0 saturated carbocycles. The second-order valence-corrected chi connectivity index (χ2v) is 7.22. The van der Waals surface area contributed by atoms with Gasteiger partial charge < -0.3 is 14.7 Å². The van der Waals surface area contributed by atoms with Gasteiger partial charge in [-0.15, -0.1) is 0 Å². The van der Waals surface area contributed by atoms with E-state index in [1.165, 1.54) is 0 Å². The Kier molecular flexibility index (Phi) is 6.19. The van der Waals surface area contributed by atoms with Crippen molar-refractivity contribution in [3.8, 4) is 0 Å². The fourth-order valence-electron chi connectivity index (χ4n) is 3.07. The lowest BCUT2D eigenvalue weighted by molar-refractivity contribution is 0.0570. The molecular weight excluding hydrogens is 290 g/mol. The Balaban J connectivity index is 1.94. The van der Waals surface area contributed by atoms with E-state index in [1.54, 1.807) is 7.11 Å². The lowest BCUT2D eigenvalue weighted by atomic mass is 9.97. The standard InChI is InChI=1S/C19H29NO3/c1-19(2,22)11-10-15-6-8-17(9-7-15)18(21)20-12-4-5-16(13-20)14-23-3/h6-9,16,22H,4-5,10-14H2,1-3H3/t16-/m1/s1. The Morgan fingerprint density at radius 3 is 2.65 bits per heavy atom. The molecule has 1 aliphatic rings. The quantitative estimate of drug-likeness (QED) is 0.877. The van der Waals surface area contributed by atoms with Crippen molar-refractivity contribution in [2.75, 3.05) is 26.8 Å². The normalized spacial score (nSPS) is 19.0. The predicted octanol–water partition coefficient (Wildman–Crippen LogP) is 2.89. The van der Waals surface area contributed by atoms with Crippen molar-refractivity contribution in [3.05, 3.63) is 35.4 Å². The number of amides is 1. The van der Waals surface area contributed by atoms with Crippen molar-refractivity contribution < 1.29 is 14.6 Å². The smallest absolute Gasteiger partial charge is 0.253 e. The van der Waals surface area contributed by atoms with Crippen LogP contribution in [-0.4, -0.2) is 48.3 Å². The Hall–Kier alpha value is -1.39. The van der Waals surface area contributed by atoms with Crippen molar-refractivity contribution in [2.24, 2.45) is 5.92 Å². The number of ether oxygens (including phenoxy) is 1. The summed E-state index contributed by atoms with van der Waals surface area (Å²) in [5.74, 6) is 0.559. The van der Waals surface area contributed by atoms with Crippen LogP contribution in [0.3, 0.4) is 0 Å². The summed E-state index contributed by atoms with van der Waals surface area (Å²) < 4.78 is 5.23. The van der Waals surface area contributed by atoms with Crippen LogP contribution in [0.25, 0.3) is 0 Å². The third kappa shape index (κ3) is 5.63. The number of piperidine rings is 1. The van der Waals surface area contributed by atoms with E-state index < -0.39 is 5.60 Å². The Morgan fingerprint density at radius 2 is 2.04 bits per heavy atom. The highest BCUT2D eigenvalue weighted by molar-refractivity contribution is 5.94. The van der Waals surface area contributed by atoms with E-state index in [4.69, 9.17) is 4.74 Å². The summed E-state index contributed by atoms with van der Waals surface area (Å²) >= 11 is 0. The molecule has 0 radical (unpaired) electrons. The summed E-state index contributed by atoms with van der Waals surface area (Å²) in [5.41, 5.74) is 1.24. The van der Waals surface area contributed by atoms with Crippen LogP contribution in [-0.2, 0) is 11.2 Å². The molecule has 4 heteroatoms. The van der Waals surface area contributed by atoms with Crippen molar-refractivity contribution >= 4 is 5.91 Å². The summed E-state index contributed by atoms with van der Waals surface area (Å²) in [6.07, 6.45) is 3.71. The van der Waals surface area contributed by atoms with Gasteiger partial charge in [-0.1, -0.05) is 12.1 Å². The van der Waals surface area contributed by atoms with Gasteiger partial charge >= 0.3 is 0 Å². The summed E-state index contributed by atoms with van der Waals surface area (Å²) in [4.78, 5) is 14.6. The number of carbonyl (C=O) groups excluding carboxylic acids is 1. The summed E-state index contributed by atoms with van der Waals surface area (Å²) in [7, 11) is 1.72. The molecule has 4 nitrogen and oxygen atoms in total. The third-order valence-corrected chi connectivity index (χ3v) is 4.43. The first-order chi connectivity index (χ1) is 10.9. The van der Waals surface area contributed by atoms with Gasteiger partial charge in [0.1, 0.15) is 0 Å². The molecule has 128 valence electrons. The molecule has 1 fully saturated rings. The summed E-state index contributed by atoms with van der Waals surface area (Å²) in [5, 5.41) is 9.79. The van der Waals surface area contributed by atoms with Crippen LogP contribution in [0.15, 0.2) is 24.3 Å². The molecule has 1 aromatic rings. The van der Waals surface area contributed by atoms with E-state index in [1.807, 2.05) is 43.0 Å². The number of aliphatic hydroxyl groups is 1. The highest BCUT2D eigenvalue weighted by atomic mass is 16.5. The van der Waals surface area contributed by atoms with Gasteiger partial charge in [-0.2, -0.15) is 0 Å². The third-order valence-electron chi connectivity index (χ3n) is 4.43. The molecule has 1 amide bonds. The lowest BCUT2D eigenvalue weighted by Crippen LogP contribution is -2.41. The maximum absolute atomic E-state index is 12.6. The van der Waals surface area contributed by atoms with Gasteiger partial charge in [0.2, 0.25) is 0 Å². The molecule has 1 saturated heterocycles. The van der Waals surface area contributed by atoms with Gasteiger partial charge in [-0.25, -0.2) is 0 Å². The van der Waals surface area contributed by atoms with Gasteiger partial charge in [0.25, 0.3) is 5.91 Å². The molecular formula is C19H29NO3. The lowest BCUT2D eigenvalue weighted by Gasteiger charge is -2.32. The van der Waals surface area contributed by atoms with Crippen molar-refractivity contribution in [1.82, 2.24) is 4.90 Å². The first-order valence-corrected chi connectivity index (χ1v) is 8.48. The van der Waals surface area contributed by atoms with Crippen LogP contribution in [0.5, 0.6) is 0 Å². The fraction of sp³-hybridized carbons (Fsp3) is 0.632. The Morgan fingerprint density at radius 1 is 1.35 bits per heavy atom. The zero-order chi connectivity index (χ0) is 16.9. The van der Waals surface area contributed by atoms with Gasteiger partial charge in [-0.3, -0.25) is 4.79 Å². The van der Waals surface area contributed by atoms with Gasteiger partial charge in [0, 0.05) is 25.8 Å². The molecule has 0 unspecified atom stereocenters. The topological polar surface area (TPSA) is 49.8 Å². The van der Waals surface area contributed by atoms with E-state index in [0.29, 0.717) is 12.3 Å². The van der Waals surface area contributed by atoms with E-state index in [9.17, 15) is 9.90 Å². The molecule has 1 aromatic carbocycles. The number of rotatable bonds is 6. The second kappa shape index (κ2) is 7.93. The molecule has 1 aliphatic heterocycles. The molecule has 0 bridgehead atoms. The van der Waals surface area contributed by atoms with E-state index in [2.05, 4.69) is 0 Å². The Labute approximate surface area is 139 Å². The minimum Gasteiger partial charge on any atom is -0.390 e. The van der Waals surface area contributed by atoms with E-state index >= 15 is 0 Å². The molecule has 0 spiro atoms. The van der Waals surface area contributed by atoms with Crippen molar-refractivity contribution in [3.63, 3.8) is 0 Å². The number of nitrogens with zero attached hydrogens (tertiary/aromatic N) is 1. The SMILES string of the molecule is COC[C@@H]1CCCN(C(=O)c2ccc(CCC(C)(C)O)cc2)C1. The Bertz CT molecular complexity index is 502. The molecule has 0 aromatic heterocycles. The first kappa shape index (κ1) is 18.0. The van der Waals surface area contributed by atoms with Crippen LogP contribution >= 0.6 is 0 Å². The molecule has 1 heterocycles. The largest absolute Gasteiger partial charge is 0.390 e. The van der Waals surface area contributed by atoms with Crippen LogP contribution in [0.2, 0.25) is 0 Å². The van der Waals surface area contributed by atoms with E-state index in [0.717, 1.165) is 50.1 Å². The number of hydrogen-bond acceptors (Lipinski definition) is 3. The number of methoxy groups -OCH3 is 1. The van der Waals surface area contributed by atoms with Crippen molar-refractivity contribution in [1.29, 1.82) is 0 Å². The average Bonchev–Trinajstić information content (AvgIpc) is 2.53. The predicted molar refractivity (Wildman–Crippen MR) is 91.6 cm³/mol. The monoisotopic (exact) mass is 319 g/mol.